The molecule has 0 saturated carbocycles. The van der Waals surface area contributed by atoms with E-state index in [-0.39, 0.29) is 23.4 Å². The topological polar surface area (TPSA) is 169 Å². The molecule has 5 rings (SSSR count). The molecule has 1 aromatic heterocycles. The Bertz CT molecular complexity index is 1620. The highest BCUT2D eigenvalue weighted by Crippen LogP contribution is 2.32. The number of nitrogens with zero attached hydrogens (tertiary/aromatic N) is 5. The summed E-state index contributed by atoms with van der Waals surface area (Å²) in [6.45, 7) is 2.59. The van der Waals surface area contributed by atoms with Crippen LogP contribution in [-0.4, -0.2) is 70.1 Å². The van der Waals surface area contributed by atoms with E-state index in [1.54, 1.807) is 64.1 Å². The van der Waals surface area contributed by atoms with Crippen LogP contribution in [0.5, 0.6) is 5.75 Å². The smallest absolute Gasteiger partial charge is 0.254 e. The van der Waals surface area contributed by atoms with Crippen LogP contribution in [0.25, 0.3) is 22.4 Å². The summed E-state index contributed by atoms with van der Waals surface area (Å²) in [4.78, 5) is 38.9. The number of primary amides is 1. The lowest BCUT2D eigenvalue weighted by molar-refractivity contribution is -0.121. The Morgan fingerprint density at radius 2 is 1.71 bits per heavy atom. The molecule has 1 aliphatic heterocycles. The summed E-state index contributed by atoms with van der Waals surface area (Å²) < 4.78 is 15.1. The van der Waals surface area contributed by atoms with Gasteiger partial charge in [-0.3, -0.25) is 14.6 Å². The van der Waals surface area contributed by atoms with Crippen molar-refractivity contribution in [3.05, 3.63) is 78.1 Å². The number of benzene rings is 3. The van der Waals surface area contributed by atoms with Gasteiger partial charge in [0.1, 0.15) is 23.4 Å². The Kier molecular flexibility index (Phi) is 8.23. The molecule has 2 heterocycles. The molecule has 218 valence electrons. The summed E-state index contributed by atoms with van der Waals surface area (Å²) in [6.07, 6.45) is 0.841. The average molecular weight is 573 g/mol. The van der Waals surface area contributed by atoms with Crippen LogP contribution in [0.3, 0.4) is 0 Å². The van der Waals surface area contributed by atoms with E-state index in [0.29, 0.717) is 73.6 Å². The molecular weight excluding hydrogens is 539 g/mol. The van der Waals surface area contributed by atoms with E-state index in [4.69, 9.17) is 22.2 Å². The lowest BCUT2D eigenvalue weighted by Crippen LogP contribution is -2.48. The molecule has 0 spiro atoms. The standard InChI is InChI=1S/C30H33FN8O3/c31-21-7-9-22(10-8-21)37-13-15-38(16-14-37)29(42)20-6-11-25-24(18-20)36-28(19-3-1-4-23(40)17-19)39(25)26(27(32)41)5-2-12-35-30(33)34/h1,3-4,6-11,17-18,26,40H,2,5,12-16H2,(H2,32,41)(H4,33,34,35)/t26-/m1/s1. The van der Waals surface area contributed by atoms with Crippen LogP contribution in [0.1, 0.15) is 29.2 Å². The number of aromatic hydroxyl groups is 1. The molecular formula is C30H33FN8O3. The molecule has 42 heavy (non-hydrogen) atoms. The Morgan fingerprint density at radius 1 is 0.976 bits per heavy atom. The first-order valence-corrected chi connectivity index (χ1v) is 13.7. The Hall–Kier alpha value is -5.13. The third kappa shape index (κ3) is 6.12. The summed E-state index contributed by atoms with van der Waals surface area (Å²) in [5.41, 5.74) is 19.8. The lowest BCUT2D eigenvalue weighted by Gasteiger charge is -2.36. The van der Waals surface area contributed by atoms with Crippen molar-refractivity contribution in [3.8, 4) is 17.1 Å². The van der Waals surface area contributed by atoms with Crippen LogP contribution >= 0.6 is 0 Å². The predicted octanol–water partition coefficient (Wildman–Crippen LogP) is 2.59. The zero-order chi connectivity index (χ0) is 29.8. The van der Waals surface area contributed by atoms with Gasteiger partial charge in [-0.15, -0.1) is 0 Å². The summed E-state index contributed by atoms with van der Waals surface area (Å²) in [5.74, 6) is -0.527. The molecule has 4 aromatic rings. The molecule has 1 saturated heterocycles. The van der Waals surface area contributed by atoms with E-state index in [2.05, 4.69) is 9.89 Å². The molecule has 7 N–H and O–H groups in total. The maximum absolute atomic E-state index is 13.5. The highest BCUT2D eigenvalue weighted by Gasteiger charge is 2.27. The van der Waals surface area contributed by atoms with Crippen molar-refractivity contribution in [2.24, 2.45) is 22.2 Å². The first-order valence-electron chi connectivity index (χ1n) is 13.7. The second kappa shape index (κ2) is 12.2. The van der Waals surface area contributed by atoms with Gasteiger partial charge < -0.3 is 36.7 Å². The summed E-state index contributed by atoms with van der Waals surface area (Å²) >= 11 is 0. The Labute approximate surface area is 242 Å². The van der Waals surface area contributed by atoms with E-state index < -0.39 is 11.9 Å². The molecule has 1 fully saturated rings. The largest absolute Gasteiger partial charge is 0.508 e. The fourth-order valence-corrected chi connectivity index (χ4v) is 5.29. The van der Waals surface area contributed by atoms with Crippen molar-refractivity contribution in [1.29, 1.82) is 0 Å². The number of phenolic OH excluding ortho intramolecular Hbond substituents is 1. The van der Waals surface area contributed by atoms with Gasteiger partial charge in [-0.2, -0.15) is 0 Å². The van der Waals surface area contributed by atoms with E-state index in [0.717, 1.165) is 5.69 Å². The molecule has 0 bridgehead atoms. The maximum Gasteiger partial charge on any atom is 0.254 e. The van der Waals surface area contributed by atoms with Crippen molar-refractivity contribution in [2.75, 3.05) is 37.6 Å². The summed E-state index contributed by atoms with van der Waals surface area (Å²) in [6, 6.07) is 17.3. The molecule has 0 aliphatic carbocycles. The molecule has 1 aliphatic rings. The predicted molar refractivity (Wildman–Crippen MR) is 159 cm³/mol. The minimum atomic E-state index is -0.775. The fourth-order valence-electron chi connectivity index (χ4n) is 5.29. The third-order valence-electron chi connectivity index (χ3n) is 7.37. The number of amides is 2. The second-order valence-corrected chi connectivity index (χ2v) is 10.2. The third-order valence-corrected chi connectivity index (χ3v) is 7.37. The summed E-state index contributed by atoms with van der Waals surface area (Å²) in [7, 11) is 0. The molecule has 2 amide bonds. The van der Waals surface area contributed by atoms with Gasteiger partial charge in [0.2, 0.25) is 5.91 Å². The van der Waals surface area contributed by atoms with Crippen LogP contribution in [0.2, 0.25) is 0 Å². The number of carbonyl (C=O) groups excluding carboxylic acids is 2. The first kappa shape index (κ1) is 28.4. The zero-order valence-corrected chi connectivity index (χ0v) is 23.0. The number of halogens is 1. The number of aliphatic imine (C=N–C) groups is 1. The van der Waals surface area contributed by atoms with Gasteiger partial charge in [0.15, 0.2) is 5.96 Å². The van der Waals surface area contributed by atoms with E-state index in [1.165, 1.54) is 12.1 Å². The molecule has 3 aromatic carbocycles. The summed E-state index contributed by atoms with van der Waals surface area (Å²) in [5, 5.41) is 10.1. The van der Waals surface area contributed by atoms with Crippen molar-refractivity contribution >= 4 is 34.5 Å². The number of fused-ring (bicyclic) bond motifs is 1. The van der Waals surface area contributed by atoms with Crippen LogP contribution in [0.4, 0.5) is 10.1 Å². The number of hydrogen-bond acceptors (Lipinski definition) is 6. The molecule has 11 nitrogen and oxygen atoms in total. The van der Waals surface area contributed by atoms with Crippen molar-refractivity contribution in [3.63, 3.8) is 0 Å². The van der Waals surface area contributed by atoms with Crippen molar-refractivity contribution in [1.82, 2.24) is 14.5 Å². The van der Waals surface area contributed by atoms with E-state index >= 15 is 0 Å². The lowest BCUT2D eigenvalue weighted by atomic mass is 10.1. The molecule has 12 heteroatoms. The number of nitrogens with two attached hydrogens (primary N) is 3. The first-order chi connectivity index (χ1) is 20.2. The van der Waals surface area contributed by atoms with Gasteiger partial charge in [-0.25, -0.2) is 9.37 Å². The molecule has 0 radical (unpaired) electrons. The Balaban J connectivity index is 1.44. The molecule has 0 unspecified atom stereocenters. The van der Waals surface area contributed by atoms with Gasteiger partial charge in [0.25, 0.3) is 5.91 Å². The van der Waals surface area contributed by atoms with Gasteiger partial charge >= 0.3 is 0 Å². The zero-order valence-electron chi connectivity index (χ0n) is 23.0. The minimum Gasteiger partial charge on any atom is -0.508 e. The number of hydrogen-bond donors (Lipinski definition) is 4. The monoisotopic (exact) mass is 572 g/mol. The van der Waals surface area contributed by atoms with Gasteiger partial charge in [0.05, 0.1) is 11.0 Å². The van der Waals surface area contributed by atoms with E-state index in [9.17, 15) is 19.1 Å². The van der Waals surface area contributed by atoms with Crippen molar-refractivity contribution < 1.29 is 19.1 Å². The van der Waals surface area contributed by atoms with Crippen molar-refractivity contribution in [2.45, 2.75) is 18.9 Å². The van der Waals surface area contributed by atoms with Gasteiger partial charge in [-0.1, -0.05) is 12.1 Å². The van der Waals surface area contributed by atoms with Crippen LogP contribution in [0, 0.1) is 5.82 Å². The quantitative estimate of drug-likeness (QED) is 0.136. The van der Waals surface area contributed by atoms with Gasteiger partial charge in [-0.05, 0) is 67.4 Å². The van der Waals surface area contributed by atoms with Crippen LogP contribution < -0.4 is 22.1 Å². The highest BCUT2D eigenvalue weighted by atomic mass is 19.1. The number of aromatic nitrogens is 2. The normalized spacial score (nSPS) is 14.1. The minimum absolute atomic E-state index is 0.0341. The number of piperazine rings is 1. The number of anilines is 1. The van der Waals surface area contributed by atoms with Crippen LogP contribution in [-0.2, 0) is 4.79 Å². The van der Waals surface area contributed by atoms with Gasteiger partial charge in [0, 0.05) is 49.5 Å². The number of imidazole rings is 1. The number of carbonyl (C=O) groups is 2. The fraction of sp³-hybridized carbons (Fsp3) is 0.267. The number of guanidine groups is 1. The number of phenols is 1. The van der Waals surface area contributed by atoms with E-state index in [1.807, 2.05) is 0 Å². The highest BCUT2D eigenvalue weighted by molar-refractivity contribution is 5.98. The average Bonchev–Trinajstić information content (AvgIpc) is 3.35. The Morgan fingerprint density at radius 3 is 2.38 bits per heavy atom. The maximum atomic E-state index is 13.5. The number of rotatable bonds is 9. The van der Waals surface area contributed by atoms with Crippen LogP contribution in [0.15, 0.2) is 71.7 Å². The molecule has 1 atom stereocenters. The SMILES string of the molecule is NC(=O)[C@@H](CCCN=C(N)N)n1c(-c2cccc(O)c2)nc2cc(C(=O)N3CCN(c4ccc(F)cc4)CC3)ccc21. The second-order valence-electron chi connectivity index (χ2n) is 10.2.